The fraction of sp³-hybridized carbons (Fsp3) is 0.542. The lowest BCUT2D eigenvalue weighted by Crippen LogP contribution is -2.53. The lowest BCUT2D eigenvalue weighted by molar-refractivity contribution is 0.0304. The molecule has 3 nitrogen and oxygen atoms in total. The van der Waals surface area contributed by atoms with Crippen molar-refractivity contribution in [3.8, 4) is 0 Å². The first-order valence-electron chi connectivity index (χ1n) is 10.7. The van der Waals surface area contributed by atoms with E-state index in [4.69, 9.17) is 0 Å². The maximum absolute atomic E-state index is 4.53. The third kappa shape index (κ3) is 4.90. The highest BCUT2D eigenvalue weighted by Gasteiger charge is 2.38. The first kappa shape index (κ1) is 21.4. The molecule has 1 aromatic carbocycles. The molecule has 0 amide bonds. The molecule has 3 fully saturated rings. The molecule has 5 rings (SSSR count). The van der Waals surface area contributed by atoms with E-state index in [2.05, 4.69) is 59.0 Å². The number of hydrogen-bond acceptors (Lipinski definition) is 3. The quantitative estimate of drug-likeness (QED) is 0.725. The smallest absolute Gasteiger partial charge is 0.0705 e. The fourth-order valence-electron chi connectivity index (χ4n) is 4.39. The van der Waals surface area contributed by atoms with E-state index in [0.29, 0.717) is 12.1 Å². The molecule has 1 N–H and O–H groups in total. The molecular weight excluding hydrogens is 330 g/mol. The first-order chi connectivity index (χ1) is 13.2. The van der Waals surface area contributed by atoms with Crippen LogP contribution in [0.15, 0.2) is 48.8 Å². The number of nitrogens with zero attached hydrogens (tertiary/aromatic N) is 2. The van der Waals surface area contributed by atoms with Gasteiger partial charge in [0.1, 0.15) is 0 Å². The summed E-state index contributed by atoms with van der Waals surface area (Å²) in [4.78, 5) is 7.21. The molecule has 0 aliphatic carbocycles. The monoisotopic (exact) mass is 367 g/mol. The summed E-state index contributed by atoms with van der Waals surface area (Å²) in [5.41, 5.74) is 3.48. The second kappa shape index (κ2) is 10.5. The Morgan fingerprint density at radius 1 is 1.11 bits per heavy atom. The van der Waals surface area contributed by atoms with Crippen molar-refractivity contribution in [2.24, 2.45) is 5.92 Å². The van der Waals surface area contributed by atoms with Crippen LogP contribution in [-0.4, -0.2) is 29.0 Å². The summed E-state index contributed by atoms with van der Waals surface area (Å²) in [6, 6.07) is 11.5. The van der Waals surface area contributed by atoms with Crippen LogP contribution in [0.1, 0.15) is 65.5 Å². The van der Waals surface area contributed by atoms with E-state index < -0.39 is 0 Å². The van der Waals surface area contributed by atoms with E-state index in [1.54, 1.807) is 0 Å². The number of nitrogens with one attached hydrogen (secondary N) is 1. The van der Waals surface area contributed by atoms with Crippen molar-refractivity contribution in [1.82, 2.24) is 15.2 Å². The van der Waals surface area contributed by atoms with Gasteiger partial charge in [-0.3, -0.25) is 9.88 Å². The summed E-state index contributed by atoms with van der Waals surface area (Å²) in [5.74, 6) is 0.896. The minimum atomic E-state index is 0.295. The maximum Gasteiger partial charge on any atom is 0.0705 e. The van der Waals surface area contributed by atoms with Gasteiger partial charge in [-0.05, 0) is 62.9 Å². The number of allylic oxidation sites excluding steroid dienone is 1. The molecule has 0 saturated carbocycles. The molecule has 2 atom stereocenters. The Hall–Kier alpha value is -1.87. The van der Waals surface area contributed by atoms with E-state index >= 15 is 0 Å². The fourth-order valence-corrected chi connectivity index (χ4v) is 4.39. The van der Waals surface area contributed by atoms with Gasteiger partial charge in [0.25, 0.3) is 0 Å². The number of rotatable bonds is 4. The summed E-state index contributed by atoms with van der Waals surface area (Å²) in [5, 5.41) is 4.94. The van der Waals surface area contributed by atoms with Crippen molar-refractivity contribution in [3.63, 3.8) is 0 Å². The number of hydrogen-bond donors (Lipinski definition) is 1. The van der Waals surface area contributed by atoms with Crippen LogP contribution in [0, 0.1) is 5.92 Å². The van der Waals surface area contributed by atoms with Crippen LogP contribution in [0.25, 0.3) is 10.9 Å². The minimum Gasteiger partial charge on any atom is -0.381 e. The van der Waals surface area contributed by atoms with Crippen LogP contribution < -0.4 is 5.32 Å². The summed E-state index contributed by atoms with van der Waals surface area (Å²) < 4.78 is 0. The first-order valence-corrected chi connectivity index (χ1v) is 10.7. The molecule has 4 heterocycles. The van der Waals surface area contributed by atoms with E-state index in [9.17, 15) is 0 Å². The topological polar surface area (TPSA) is 28.2 Å². The highest BCUT2D eigenvalue weighted by atomic mass is 15.2. The van der Waals surface area contributed by atoms with Crippen molar-refractivity contribution in [3.05, 3.63) is 54.4 Å². The SMILES string of the molecule is C=C(C)N[C@@H](c1ccnc2ccccc12)C1CC2CCN1CC2.CC.CC. The normalized spacial score (nSPS) is 24.1. The summed E-state index contributed by atoms with van der Waals surface area (Å²) in [6.07, 6.45) is 5.98. The van der Waals surface area contributed by atoms with E-state index in [1.807, 2.05) is 33.9 Å². The van der Waals surface area contributed by atoms with Crippen molar-refractivity contribution >= 4 is 10.9 Å². The number of benzene rings is 1. The molecule has 3 saturated heterocycles. The average molecular weight is 368 g/mol. The second-order valence-electron chi connectivity index (χ2n) is 7.10. The largest absolute Gasteiger partial charge is 0.381 e. The van der Waals surface area contributed by atoms with Crippen molar-refractivity contribution in [1.29, 1.82) is 0 Å². The van der Waals surface area contributed by atoms with Crippen LogP contribution in [0.5, 0.6) is 0 Å². The Morgan fingerprint density at radius 3 is 2.37 bits per heavy atom. The summed E-state index contributed by atoms with van der Waals surface area (Å²) in [6.45, 7) is 16.7. The number of pyridine rings is 1. The van der Waals surface area contributed by atoms with Gasteiger partial charge in [-0.15, -0.1) is 0 Å². The molecular formula is C24H37N3. The molecule has 0 spiro atoms. The highest BCUT2D eigenvalue weighted by molar-refractivity contribution is 5.82. The molecule has 2 aromatic rings. The number of para-hydroxylation sites is 1. The van der Waals surface area contributed by atoms with Gasteiger partial charge in [0.2, 0.25) is 0 Å². The minimum absolute atomic E-state index is 0.295. The molecule has 3 aliphatic heterocycles. The molecule has 0 radical (unpaired) electrons. The van der Waals surface area contributed by atoms with Crippen LogP contribution >= 0.6 is 0 Å². The zero-order valence-electron chi connectivity index (χ0n) is 17.8. The van der Waals surface area contributed by atoms with Gasteiger partial charge in [-0.25, -0.2) is 0 Å². The van der Waals surface area contributed by atoms with Gasteiger partial charge < -0.3 is 5.32 Å². The highest BCUT2D eigenvalue weighted by Crippen LogP contribution is 2.39. The summed E-state index contributed by atoms with van der Waals surface area (Å²) in [7, 11) is 0. The Labute approximate surface area is 165 Å². The van der Waals surface area contributed by atoms with Gasteiger partial charge >= 0.3 is 0 Å². The van der Waals surface area contributed by atoms with Crippen LogP contribution in [-0.2, 0) is 0 Å². The number of piperidine rings is 3. The van der Waals surface area contributed by atoms with Crippen molar-refractivity contribution < 1.29 is 0 Å². The average Bonchev–Trinajstić information content (AvgIpc) is 2.75. The van der Waals surface area contributed by atoms with Crippen LogP contribution in [0.4, 0.5) is 0 Å². The van der Waals surface area contributed by atoms with Crippen LogP contribution in [0.3, 0.4) is 0 Å². The Kier molecular flexibility index (Phi) is 8.30. The molecule has 1 unspecified atom stereocenters. The predicted octanol–water partition coefficient (Wildman–Crippen LogP) is 5.94. The standard InChI is InChI=1S/C20H25N3.2C2H6/c1-14(2)22-20(19-13-15-8-11-23(19)12-9-15)17-7-10-21-18-6-4-3-5-16(17)18;2*1-2/h3-7,10,15,19-20,22H,1,8-9,11-13H2,2H3;2*1-2H3/t19?,20-;;/m0../s1. The third-order valence-electron chi connectivity index (χ3n) is 5.50. The Morgan fingerprint density at radius 2 is 1.78 bits per heavy atom. The maximum atomic E-state index is 4.53. The molecule has 27 heavy (non-hydrogen) atoms. The van der Waals surface area contributed by atoms with E-state index in [1.165, 1.54) is 43.3 Å². The van der Waals surface area contributed by atoms with Gasteiger partial charge in [-0.2, -0.15) is 0 Å². The zero-order chi connectivity index (χ0) is 19.8. The Balaban J connectivity index is 0.000000614. The number of aromatic nitrogens is 1. The molecule has 3 aliphatic rings. The van der Waals surface area contributed by atoms with Gasteiger partial charge in [-0.1, -0.05) is 52.5 Å². The lowest BCUT2D eigenvalue weighted by atomic mass is 9.78. The third-order valence-corrected chi connectivity index (χ3v) is 5.50. The second-order valence-corrected chi connectivity index (χ2v) is 7.10. The Bertz CT molecular complexity index is 711. The lowest BCUT2D eigenvalue weighted by Gasteiger charge is -2.49. The van der Waals surface area contributed by atoms with E-state index in [0.717, 1.165) is 17.1 Å². The van der Waals surface area contributed by atoms with Gasteiger partial charge in [0, 0.05) is 23.3 Å². The molecule has 2 bridgehead atoms. The number of fused-ring (bicyclic) bond motifs is 4. The zero-order valence-corrected chi connectivity index (χ0v) is 17.8. The van der Waals surface area contributed by atoms with Gasteiger partial charge in [0.15, 0.2) is 0 Å². The van der Waals surface area contributed by atoms with Crippen LogP contribution in [0.2, 0.25) is 0 Å². The van der Waals surface area contributed by atoms with E-state index in [-0.39, 0.29) is 0 Å². The molecule has 3 heteroatoms. The summed E-state index contributed by atoms with van der Waals surface area (Å²) >= 11 is 0. The van der Waals surface area contributed by atoms with Crippen molar-refractivity contribution in [2.45, 2.75) is 66.0 Å². The van der Waals surface area contributed by atoms with Gasteiger partial charge in [0.05, 0.1) is 11.6 Å². The predicted molar refractivity (Wildman–Crippen MR) is 118 cm³/mol. The molecule has 1 aromatic heterocycles. The molecule has 148 valence electrons. The van der Waals surface area contributed by atoms with Crippen molar-refractivity contribution in [2.75, 3.05) is 13.1 Å².